The summed E-state index contributed by atoms with van der Waals surface area (Å²) in [6, 6.07) is 10.1. The molecule has 352 valence electrons. The second kappa shape index (κ2) is 17.6. The summed E-state index contributed by atoms with van der Waals surface area (Å²) in [4.78, 5) is 52.3. The predicted octanol–water partition coefficient (Wildman–Crippen LogP) is 3.64. The van der Waals surface area contributed by atoms with E-state index < -0.39 is 38.5 Å². The molecule has 1 unspecified atom stereocenters. The molecular formula is C44H57F3N10O7S. The minimum absolute atomic E-state index is 0.00575. The molecule has 2 aromatic carbocycles. The summed E-state index contributed by atoms with van der Waals surface area (Å²) in [7, 11) is -2.29. The number of benzene rings is 2. The zero-order valence-electron chi connectivity index (χ0n) is 37.1. The molecule has 4 saturated heterocycles. The quantitative estimate of drug-likeness (QED) is 0.151. The Balaban J connectivity index is 0.875. The van der Waals surface area contributed by atoms with Crippen LogP contribution in [0.3, 0.4) is 0 Å². The molecule has 3 atom stereocenters. The van der Waals surface area contributed by atoms with Crippen LogP contribution in [0.5, 0.6) is 0 Å². The normalized spacial score (nSPS) is 25.2. The average Bonchev–Trinajstić information content (AvgIpc) is 3.53. The van der Waals surface area contributed by atoms with E-state index in [4.69, 9.17) is 4.74 Å². The standard InChI is InChI=1S/C44H57F3N10O7S/c1-29-21-31(9-10-33(29)51-39-48-22-32(44(45,46)47)38(52-39)56-16-6-14-41(2,61)26-56)65(62,63)50-24-42(3)27-54(19-20-64-42)23-30-12-17-55(18-13-30)34-7-5-8-35-37(34)53(4)40(60)57(35)43(28-58)15-11-36(59)49-25-43/h5,7-10,21-22,28,30,50,61H,6,11-20,23-27H2,1-4H3,(H,49,59)(H,48,51,52)/t41-,42+,43?/m0/s1. The maximum Gasteiger partial charge on any atom is 0.421 e. The summed E-state index contributed by atoms with van der Waals surface area (Å²) in [5, 5.41) is 16.3. The van der Waals surface area contributed by atoms with Gasteiger partial charge in [-0.05, 0) is 94.7 Å². The van der Waals surface area contributed by atoms with Crippen molar-refractivity contribution in [2.75, 3.05) is 80.6 Å². The van der Waals surface area contributed by atoms with E-state index in [0.29, 0.717) is 61.4 Å². The Morgan fingerprint density at radius 1 is 1.05 bits per heavy atom. The average molecular weight is 927 g/mol. The molecule has 2 aromatic heterocycles. The molecule has 0 aliphatic carbocycles. The number of amides is 1. The lowest BCUT2D eigenvalue weighted by Crippen LogP contribution is -2.56. The molecule has 8 rings (SSSR count). The first-order chi connectivity index (χ1) is 30.7. The minimum Gasteiger partial charge on any atom is -0.388 e. The molecule has 4 aliphatic heterocycles. The monoisotopic (exact) mass is 926 g/mol. The van der Waals surface area contributed by atoms with Crippen molar-refractivity contribution >= 4 is 56.4 Å². The van der Waals surface area contributed by atoms with Crippen LogP contribution < -0.4 is 30.8 Å². The summed E-state index contributed by atoms with van der Waals surface area (Å²) in [5.41, 5.74) is -1.24. The number of aromatic nitrogens is 4. The highest BCUT2D eigenvalue weighted by atomic mass is 32.2. The maximum atomic E-state index is 14.0. The molecule has 4 fully saturated rings. The maximum absolute atomic E-state index is 14.0. The van der Waals surface area contributed by atoms with Crippen molar-refractivity contribution in [1.29, 1.82) is 0 Å². The lowest BCUT2D eigenvalue weighted by atomic mass is 9.90. The number of anilines is 4. The second-order valence-electron chi connectivity index (χ2n) is 18.7. The topological polar surface area (TPSA) is 196 Å². The lowest BCUT2D eigenvalue weighted by molar-refractivity contribution is -0.137. The number of rotatable bonds is 12. The second-order valence-corrected chi connectivity index (χ2v) is 20.4. The van der Waals surface area contributed by atoms with Gasteiger partial charge in [-0.3, -0.25) is 18.8 Å². The highest BCUT2D eigenvalue weighted by molar-refractivity contribution is 7.89. The van der Waals surface area contributed by atoms with Crippen LogP contribution in [0.15, 0.2) is 52.3 Å². The Kier molecular flexibility index (Phi) is 12.6. The number of carbonyl (C=O) groups is 2. The van der Waals surface area contributed by atoms with E-state index in [-0.39, 0.29) is 67.3 Å². The molecule has 0 saturated carbocycles. The molecule has 4 aliphatic rings. The number of aldehydes is 1. The van der Waals surface area contributed by atoms with Crippen molar-refractivity contribution in [3.63, 3.8) is 0 Å². The molecule has 65 heavy (non-hydrogen) atoms. The number of aliphatic hydroxyl groups is 1. The smallest absolute Gasteiger partial charge is 0.388 e. The van der Waals surface area contributed by atoms with Crippen molar-refractivity contribution in [1.82, 2.24) is 34.0 Å². The van der Waals surface area contributed by atoms with Crippen LogP contribution in [-0.2, 0) is 43.1 Å². The number of hydrogen-bond donors (Lipinski definition) is 4. The summed E-state index contributed by atoms with van der Waals surface area (Å²) < 4.78 is 81.2. The Bertz CT molecular complexity index is 2620. The zero-order chi connectivity index (χ0) is 46.5. The van der Waals surface area contributed by atoms with Crippen LogP contribution in [0.2, 0.25) is 0 Å². The predicted molar refractivity (Wildman–Crippen MR) is 238 cm³/mol. The molecule has 1 amide bonds. The molecular weight excluding hydrogens is 870 g/mol. The van der Waals surface area contributed by atoms with E-state index in [2.05, 4.69) is 35.1 Å². The summed E-state index contributed by atoms with van der Waals surface area (Å²) >= 11 is 0. The first kappa shape index (κ1) is 46.4. The molecule has 0 spiro atoms. The van der Waals surface area contributed by atoms with Gasteiger partial charge in [0.05, 0.1) is 39.4 Å². The number of β-amino-alcohol motifs (C(OH)–C–C–N with tert-alkyl or cyclic N) is 1. The van der Waals surface area contributed by atoms with Crippen molar-refractivity contribution in [2.24, 2.45) is 13.0 Å². The van der Waals surface area contributed by atoms with Crippen LogP contribution in [0.25, 0.3) is 11.0 Å². The Morgan fingerprint density at radius 3 is 2.49 bits per heavy atom. The van der Waals surface area contributed by atoms with E-state index in [0.717, 1.165) is 50.0 Å². The lowest BCUT2D eigenvalue weighted by Gasteiger charge is -2.43. The SMILES string of the molecule is Cc1cc(S(=O)(=O)NC[C@]2(C)CN(CC3CCN(c4cccc5c4n(C)c(=O)n5C4(C=O)CCC(=O)NC4)CC3)CCO2)ccc1Nc1ncc(C(F)(F)F)c(N2CCC[C@](C)(O)C2)n1. The number of carbonyl (C=O) groups excluding carboxylic acids is 2. The van der Waals surface area contributed by atoms with Crippen LogP contribution in [0, 0.1) is 12.8 Å². The van der Waals surface area contributed by atoms with Gasteiger partial charge in [-0.1, -0.05) is 6.07 Å². The molecule has 6 heterocycles. The van der Waals surface area contributed by atoms with Gasteiger partial charge in [0, 0.05) is 84.3 Å². The van der Waals surface area contributed by atoms with Gasteiger partial charge in [0.1, 0.15) is 23.2 Å². The number of para-hydroxylation sites is 1. The van der Waals surface area contributed by atoms with Gasteiger partial charge < -0.3 is 35.1 Å². The summed E-state index contributed by atoms with van der Waals surface area (Å²) in [6.07, 6.45) is -0.0732. The number of hydrogen-bond acceptors (Lipinski definition) is 13. The van der Waals surface area contributed by atoms with Gasteiger partial charge in [0.15, 0.2) is 0 Å². The van der Waals surface area contributed by atoms with Gasteiger partial charge in [-0.2, -0.15) is 18.2 Å². The number of nitrogens with one attached hydrogen (secondary N) is 3. The van der Waals surface area contributed by atoms with Crippen molar-refractivity contribution in [2.45, 2.75) is 87.1 Å². The number of ether oxygens (including phenoxy) is 1. The number of fused-ring (bicyclic) bond motifs is 1. The largest absolute Gasteiger partial charge is 0.421 e. The number of sulfonamides is 1. The fourth-order valence-electron chi connectivity index (χ4n) is 9.85. The number of alkyl halides is 3. The van der Waals surface area contributed by atoms with Crippen LogP contribution in [0.1, 0.15) is 63.5 Å². The highest BCUT2D eigenvalue weighted by Gasteiger charge is 2.42. The zero-order valence-corrected chi connectivity index (χ0v) is 37.9. The van der Waals surface area contributed by atoms with E-state index in [1.807, 2.05) is 25.1 Å². The number of morpholine rings is 1. The number of aryl methyl sites for hydroxylation is 2. The number of halogens is 3. The molecule has 21 heteroatoms. The Morgan fingerprint density at radius 2 is 1.82 bits per heavy atom. The first-order valence-corrected chi connectivity index (χ1v) is 23.5. The fraction of sp³-hybridized carbons (Fsp3) is 0.568. The van der Waals surface area contributed by atoms with Crippen LogP contribution in [0.4, 0.5) is 36.3 Å². The van der Waals surface area contributed by atoms with Crippen molar-refractivity contribution in [3.8, 4) is 0 Å². The van der Waals surface area contributed by atoms with Crippen molar-refractivity contribution < 1.29 is 41.0 Å². The number of imidazole rings is 1. The van der Waals surface area contributed by atoms with Crippen LogP contribution >= 0.6 is 0 Å². The van der Waals surface area contributed by atoms with E-state index in [9.17, 15) is 41.1 Å². The molecule has 0 radical (unpaired) electrons. The van der Waals surface area contributed by atoms with Gasteiger partial charge in [-0.15, -0.1) is 0 Å². The Hall–Kier alpha value is -5.09. The third-order valence-electron chi connectivity index (χ3n) is 13.4. The van der Waals surface area contributed by atoms with E-state index in [1.165, 1.54) is 23.1 Å². The van der Waals surface area contributed by atoms with Crippen LogP contribution in [-0.4, -0.2) is 126 Å². The van der Waals surface area contributed by atoms with Gasteiger partial charge in [0.2, 0.25) is 21.9 Å². The number of piperidine rings is 3. The molecule has 0 bridgehead atoms. The first-order valence-electron chi connectivity index (χ1n) is 22.0. The highest BCUT2D eigenvalue weighted by Crippen LogP contribution is 2.39. The third-order valence-corrected chi connectivity index (χ3v) is 14.8. The Labute approximate surface area is 375 Å². The number of nitrogens with zero attached hydrogens (tertiary/aromatic N) is 7. The van der Waals surface area contributed by atoms with E-state index in [1.54, 1.807) is 30.0 Å². The fourth-order valence-corrected chi connectivity index (χ4v) is 11.1. The van der Waals surface area contributed by atoms with Gasteiger partial charge >= 0.3 is 11.9 Å². The molecule has 4 aromatic rings. The minimum atomic E-state index is -4.72. The van der Waals surface area contributed by atoms with Gasteiger partial charge in [0.25, 0.3) is 0 Å². The molecule has 4 N–H and O–H groups in total. The van der Waals surface area contributed by atoms with Crippen molar-refractivity contribution in [3.05, 3.63) is 64.2 Å². The summed E-state index contributed by atoms with van der Waals surface area (Å²) in [5.74, 6) is -0.212. The summed E-state index contributed by atoms with van der Waals surface area (Å²) in [6.45, 7) is 9.45. The third kappa shape index (κ3) is 9.61. The van der Waals surface area contributed by atoms with Gasteiger partial charge in [-0.25, -0.2) is 22.9 Å². The molecule has 17 nitrogen and oxygen atoms in total. The van der Waals surface area contributed by atoms with E-state index >= 15 is 0 Å².